The predicted octanol–water partition coefficient (Wildman–Crippen LogP) is 8.46. The minimum Gasteiger partial charge on any atom is -0.394 e. The van der Waals surface area contributed by atoms with Crippen LogP contribution in [-0.4, -0.2) is 17.8 Å². The van der Waals surface area contributed by atoms with Crippen molar-refractivity contribution in [2.45, 2.75) is 154 Å². The van der Waals surface area contributed by atoms with Crippen LogP contribution < -0.4 is 5.73 Å². The van der Waals surface area contributed by atoms with E-state index in [1.54, 1.807) is 0 Å². The zero-order valence-electron chi connectivity index (χ0n) is 20.0. The molecule has 0 amide bonds. The van der Waals surface area contributed by atoms with Crippen LogP contribution >= 0.6 is 0 Å². The largest absolute Gasteiger partial charge is 0.394 e. The summed E-state index contributed by atoms with van der Waals surface area (Å²) in [4.78, 5) is 0. The van der Waals surface area contributed by atoms with Crippen LogP contribution in [0.2, 0.25) is 0 Å². The highest BCUT2D eigenvalue weighted by molar-refractivity contribution is 4.90. The summed E-state index contributed by atoms with van der Waals surface area (Å²) in [5, 5.41) is 8.84. The van der Waals surface area contributed by atoms with E-state index in [4.69, 9.17) is 10.8 Å². The Morgan fingerprint density at radius 2 is 0.862 bits per heavy atom. The number of allylic oxidation sites excluding steroid dienone is 1. The summed E-state index contributed by atoms with van der Waals surface area (Å²) < 4.78 is 0. The number of unbranched alkanes of at least 4 members (excludes halogenated alkanes) is 21. The molecular formula is C27H55NO. The van der Waals surface area contributed by atoms with E-state index >= 15 is 0 Å². The van der Waals surface area contributed by atoms with Gasteiger partial charge in [-0.3, -0.25) is 0 Å². The monoisotopic (exact) mass is 409 g/mol. The van der Waals surface area contributed by atoms with Crippen LogP contribution in [0.3, 0.4) is 0 Å². The highest BCUT2D eigenvalue weighted by Crippen LogP contribution is 2.15. The molecule has 0 aliphatic carbocycles. The van der Waals surface area contributed by atoms with E-state index in [9.17, 15) is 0 Å². The predicted molar refractivity (Wildman–Crippen MR) is 131 cm³/mol. The van der Waals surface area contributed by atoms with Gasteiger partial charge in [0.2, 0.25) is 0 Å². The van der Waals surface area contributed by atoms with Gasteiger partial charge in [0.15, 0.2) is 0 Å². The molecule has 0 aromatic carbocycles. The molecule has 2 heteroatoms. The molecule has 0 radical (unpaired) electrons. The van der Waals surface area contributed by atoms with Gasteiger partial charge in [-0.15, -0.1) is 0 Å². The molecule has 2 nitrogen and oxygen atoms in total. The quantitative estimate of drug-likeness (QED) is 0.124. The van der Waals surface area contributed by atoms with E-state index in [1.807, 2.05) is 6.08 Å². The van der Waals surface area contributed by atoms with Crippen molar-refractivity contribution >= 4 is 0 Å². The summed E-state index contributed by atoms with van der Waals surface area (Å²) >= 11 is 0. The maximum Gasteiger partial charge on any atom is 0.0618 e. The first kappa shape index (κ1) is 28.7. The van der Waals surface area contributed by atoms with Crippen molar-refractivity contribution in [3.8, 4) is 0 Å². The maximum absolute atomic E-state index is 8.84. The molecule has 0 aromatic rings. The van der Waals surface area contributed by atoms with Crippen molar-refractivity contribution in [2.24, 2.45) is 5.73 Å². The molecule has 0 aliphatic heterocycles. The number of hydrogen-bond acceptors (Lipinski definition) is 2. The van der Waals surface area contributed by atoms with E-state index in [0.717, 1.165) is 6.42 Å². The molecule has 0 saturated heterocycles. The molecule has 0 fully saturated rings. The van der Waals surface area contributed by atoms with Gasteiger partial charge in [-0.25, -0.2) is 0 Å². The van der Waals surface area contributed by atoms with Crippen LogP contribution in [0.25, 0.3) is 0 Å². The third-order valence-corrected chi connectivity index (χ3v) is 6.07. The van der Waals surface area contributed by atoms with Crippen molar-refractivity contribution < 1.29 is 5.11 Å². The normalized spacial score (nSPS) is 12.8. The number of aliphatic hydroxyl groups is 1. The summed E-state index contributed by atoms with van der Waals surface area (Å²) in [6, 6.07) is -0.176. The molecule has 0 aliphatic rings. The minimum atomic E-state index is -0.176. The fraction of sp³-hybridized carbons (Fsp3) is 0.926. The zero-order chi connectivity index (χ0) is 21.3. The fourth-order valence-corrected chi connectivity index (χ4v) is 4.03. The van der Waals surface area contributed by atoms with Crippen LogP contribution in [-0.2, 0) is 0 Å². The van der Waals surface area contributed by atoms with Crippen LogP contribution in [0.4, 0.5) is 0 Å². The smallest absolute Gasteiger partial charge is 0.0618 e. The van der Waals surface area contributed by atoms with Crippen LogP contribution in [0.15, 0.2) is 12.2 Å². The summed E-state index contributed by atoms with van der Waals surface area (Å²) in [6.45, 7) is 2.35. The first-order valence-corrected chi connectivity index (χ1v) is 13.3. The Morgan fingerprint density at radius 1 is 0.552 bits per heavy atom. The lowest BCUT2D eigenvalue weighted by atomic mass is 10.0. The first-order valence-electron chi connectivity index (χ1n) is 13.3. The minimum absolute atomic E-state index is 0.0514. The summed E-state index contributed by atoms with van der Waals surface area (Å²) in [5.74, 6) is 0. The Morgan fingerprint density at radius 3 is 1.17 bits per heavy atom. The molecule has 174 valence electrons. The molecule has 3 N–H and O–H groups in total. The average Bonchev–Trinajstić information content (AvgIpc) is 2.74. The Labute approximate surface area is 184 Å². The van der Waals surface area contributed by atoms with E-state index in [1.165, 1.54) is 135 Å². The van der Waals surface area contributed by atoms with Crippen molar-refractivity contribution in [3.05, 3.63) is 12.2 Å². The number of hydrogen-bond donors (Lipinski definition) is 2. The van der Waals surface area contributed by atoms with Gasteiger partial charge in [-0.05, 0) is 12.8 Å². The van der Waals surface area contributed by atoms with Crippen molar-refractivity contribution in [3.63, 3.8) is 0 Å². The third-order valence-electron chi connectivity index (χ3n) is 6.07. The van der Waals surface area contributed by atoms with Gasteiger partial charge in [0.25, 0.3) is 0 Å². The van der Waals surface area contributed by atoms with Gasteiger partial charge in [0.1, 0.15) is 0 Å². The van der Waals surface area contributed by atoms with Crippen LogP contribution in [0.5, 0.6) is 0 Å². The number of nitrogens with two attached hydrogens (primary N) is 1. The summed E-state index contributed by atoms with van der Waals surface area (Å²) in [5.41, 5.74) is 5.63. The first-order chi connectivity index (χ1) is 14.3. The molecule has 0 spiro atoms. The molecule has 0 aromatic heterocycles. The van der Waals surface area contributed by atoms with Crippen molar-refractivity contribution in [1.82, 2.24) is 0 Å². The van der Waals surface area contributed by atoms with Crippen LogP contribution in [0, 0.1) is 0 Å². The van der Waals surface area contributed by atoms with Gasteiger partial charge >= 0.3 is 0 Å². The lowest BCUT2D eigenvalue weighted by Gasteiger charge is -2.04. The molecule has 29 heavy (non-hydrogen) atoms. The van der Waals surface area contributed by atoms with Gasteiger partial charge in [0, 0.05) is 6.04 Å². The van der Waals surface area contributed by atoms with E-state index in [0.29, 0.717) is 0 Å². The third kappa shape index (κ3) is 25.6. The SMILES string of the molecule is CCCCCCCCCCCCCCCCCCCCCCC/C=C/C(N)CO. The second-order valence-corrected chi connectivity index (χ2v) is 9.13. The van der Waals surface area contributed by atoms with Gasteiger partial charge in [-0.1, -0.05) is 147 Å². The lowest BCUT2D eigenvalue weighted by Crippen LogP contribution is -2.20. The van der Waals surface area contributed by atoms with Gasteiger partial charge < -0.3 is 10.8 Å². The average molecular weight is 410 g/mol. The van der Waals surface area contributed by atoms with Gasteiger partial charge in [-0.2, -0.15) is 0 Å². The van der Waals surface area contributed by atoms with Crippen LogP contribution in [0.1, 0.15) is 148 Å². The molecule has 0 bridgehead atoms. The summed E-state index contributed by atoms with van der Waals surface area (Å²) in [7, 11) is 0. The molecule has 0 saturated carbocycles. The second-order valence-electron chi connectivity index (χ2n) is 9.13. The standard InChI is InChI=1S/C27H55NO/c1-2-3-4-5-6-7-8-9-10-11-12-13-14-15-16-17-18-19-20-21-22-23-24-25-27(28)26-29/h24-25,27,29H,2-23,26,28H2,1H3/b25-24+. The summed E-state index contributed by atoms with van der Waals surface area (Å²) in [6.07, 6.45) is 35.2. The molecule has 0 heterocycles. The molecular weight excluding hydrogens is 354 g/mol. The molecule has 1 atom stereocenters. The zero-order valence-corrected chi connectivity index (χ0v) is 20.0. The Kier molecular flexibility index (Phi) is 25.4. The Balaban J connectivity index is 3.04. The number of aliphatic hydroxyl groups excluding tert-OH is 1. The van der Waals surface area contributed by atoms with E-state index in [-0.39, 0.29) is 12.6 Å². The molecule has 1 unspecified atom stereocenters. The topological polar surface area (TPSA) is 46.2 Å². The van der Waals surface area contributed by atoms with Gasteiger partial charge in [0.05, 0.1) is 6.61 Å². The molecule has 0 rings (SSSR count). The van der Waals surface area contributed by atoms with E-state index < -0.39 is 0 Å². The highest BCUT2D eigenvalue weighted by atomic mass is 16.3. The fourth-order valence-electron chi connectivity index (χ4n) is 4.03. The highest BCUT2D eigenvalue weighted by Gasteiger charge is 1.96. The lowest BCUT2D eigenvalue weighted by molar-refractivity contribution is 0.284. The van der Waals surface area contributed by atoms with E-state index in [2.05, 4.69) is 13.0 Å². The number of rotatable bonds is 24. The Hall–Kier alpha value is -0.340. The Bertz CT molecular complexity index is 316. The maximum atomic E-state index is 8.84. The second kappa shape index (κ2) is 25.7. The van der Waals surface area contributed by atoms with Crippen molar-refractivity contribution in [2.75, 3.05) is 6.61 Å². The van der Waals surface area contributed by atoms with Crippen molar-refractivity contribution in [1.29, 1.82) is 0 Å².